The zero-order valence-corrected chi connectivity index (χ0v) is 7.17. The fourth-order valence-corrected chi connectivity index (χ4v) is 1.10. The van der Waals surface area contributed by atoms with Crippen LogP contribution in [0, 0.1) is 0 Å². The van der Waals surface area contributed by atoms with Gasteiger partial charge in [0.2, 0.25) is 0 Å². The normalized spacial score (nSPS) is 9.92. The van der Waals surface area contributed by atoms with Gasteiger partial charge in [-0.05, 0) is 23.3 Å². The summed E-state index contributed by atoms with van der Waals surface area (Å²) in [5.41, 5.74) is 2.11. The fraction of sp³-hybridized carbons (Fsp3) is 0.250. The summed E-state index contributed by atoms with van der Waals surface area (Å²) in [6, 6.07) is 5.15. The van der Waals surface area contributed by atoms with Crippen LogP contribution in [0.3, 0.4) is 0 Å². The third-order valence-electron chi connectivity index (χ3n) is 1.66. The summed E-state index contributed by atoms with van der Waals surface area (Å²) < 4.78 is 0. The van der Waals surface area contributed by atoms with Crippen molar-refractivity contribution in [3.8, 4) is 0 Å². The molecule has 12 heavy (non-hydrogen) atoms. The number of nitrogens with one attached hydrogen (secondary N) is 1. The van der Waals surface area contributed by atoms with E-state index in [1.54, 1.807) is 18.2 Å². The molecule has 0 spiro atoms. The highest BCUT2D eigenvalue weighted by molar-refractivity contribution is 6.23. The zero-order valence-electron chi connectivity index (χ0n) is 6.42. The summed E-state index contributed by atoms with van der Waals surface area (Å²) in [7, 11) is 0. The van der Waals surface area contributed by atoms with Crippen molar-refractivity contribution < 1.29 is 10.2 Å². The van der Waals surface area contributed by atoms with Gasteiger partial charge in [-0.25, -0.2) is 0 Å². The number of anilines is 1. The standard InChI is InChI=1S/C8H10ClNO2/c9-10-8-2-1-6(4-11)7(3-8)5-12/h1-3,10-12H,4-5H2. The minimum absolute atomic E-state index is 0.0710. The molecule has 1 rings (SSSR count). The van der Waals surface area contributed by atoms with Crippen molar-refractivity contribution in [2.45, 2.75) is 13.2 Å². The maximum Gasteiger partial charge on any atom is 0.0686 e. The molecule has 3 nitrogen and oxygen atoms in total. The van der Waals surface area contributed by atoms with Gasteiger partial charge in [-0.1, -0.05) is 6.07 Å². The van der Waals surface area contributed by atoms with Crippen LogP contribution in [0.15, 0.2) is 18.2 Å². The monoisotopic (exact) mass is 187 g/mol. The van der Waals surface area contributed by atoms with Crippen molar-refractivity contribution >= 4 is 17.5 Å². The molecule has 0 bridgehead atoms. The first-order valence-electron chi connectivity index (χ1n) is 3.52. The van der Waals surface area contributed by atoms with Crippen LogP contribution < -0.4 is 4.84 Å². The molecular formula is C8H10ClNO2. The topological polar surface area (TPSA) is 52.5 Å². The van der Waals surface area contributed by atoms with Gasteiger partial charge in [-0.15, -0.1) is 0 Å². The average molecular weight is 188 g/mol. The van der Waals surface area contributed by atoms with Gasteiger partial charge in [0.25, 0.3) is 0 Å². The summed E-state index contributed by atoms with van der Waals surface area (Å²) in [5, 5.41) is 17.7. The molecule has 66 valence electrons. The van der Waals surface area contributed by atoms with Crippen LogP contribution in [0.2, 0.25) is 0 Å². The molecule has 0 atom stereocenters. The quantitative estimate of drug-likeness (QED) is 0.624. The number of hydrogen-bond donors (Lipinski definition) is 3. The van der Waals surface area contributed by atoms with Crippen LogP contribution >= 0.6 is 11.8 Å². The van der Waals surface area contributed by atoms with Crippen LogP contribution in [0.5, 0.6) is 0 Å². The lowest BCUT2D eigenvalue weighted by Gasteiger charge is -2.05. The predicted octanol–water partition coefficient (Wildman–Crippen LogP) is 1.24. The molecule has 1 aromatic carbocycles. The summed E-state index contributed by atoms with van der Waals surface area (Å²) in [6.45, 7) is -0.166. The zero-order chi connectivity index (χ0) is 8.97. The van der Waals surface area contributed by atoms with E-state index in [1.807, 2.05) is 0 Å². The largest absolute Gasteiger partial charge is 0.392 e. The van der Waals surface area contributed by atoms with Gasteiger partial charge in [0, 0.05) is 17.5 Å². The molecule has 0 unspecified atom stereocenters. The lowest BCUT2D eigenvalue weighted by atomic mass is 10.1. The number of aliphatic hydroxyl groups is 2. The van der Waals surface area contributed by atoms with Crippen LogP contribution in [0.25, 0.3) is 0 Å². The van der Waals surface area contributed by atoms with Crippen molar-refractivity contribution in [2.75, 3.05) is 4.84 Å². The highest BCUT2D eigenvalue weighted by atomic mass is 35.5. The molecular weight excluding hydrogens is 178 g/mol. The van der Waals surface area contributed by atoms with E-state index < -0.39 is 0 Å². The Morgan fingerprint density at radius 1 is 1.17 bits per heavy atom. The molecule has 0 fully saturated rings. The van der Waals surface area contributed by atoms with Gasteiger partial charge >= 0.3 is 0 Å². The van der Waals surface area contributed by atoms with E-state index >= 15 is 0 Å². The second kappa shape index (κ2) is 4.30. The molecule has 0 radical (unpaired) electrons. The molecule has 0 saturated carbocycles. The lowest BCUT2D eigenvalue weighted by molar-refractivity contribution is 0.260. The second-order valence-electron chi connectivity index (χ2n) is 2.39. The number of aliphatic hydroxyl groups excluding tert-OH is 2. The van der Waals surface area contributed by atoms with Crippen molar-refractivity contribution in [3.05, 3.63) is 29.3 Å². The Hall–Kier alpha value is -0.770. The van der Waals surface area contributed by atoms with Crippen molar-refractivity contribution in [1.82, 2.24) is 0 Å². The highest BCUT2D eigenvalue weighted by Crippen LogP contribution is 2.16. The van der Waals surface area contributed by atoms with E-state index in [9.17, 15) is 0 Å². The van der Waals surface area contributed by atoms with E-state index in [0.29, 0.717) is 16.8 Å². The first kappa shape index (κ1) is 9.32. The molecule has 0 saturated heterocycles. The van der Waals surface area contributed by atoms with E-state index in [0.717, 1.165) is 0 Å². The molecule has 0 heterocycles. The van der Waals surface area contributed by atoms with Crippen molar-refractivity contribution in [1.29, 1.82) is 0 Å². The molecule has 0 aliphatic rings. The van der Waals surface area contributed by atoms with E-state index in [-0.39, 0.29) is 13.2 Å². The van der Waals surface area contributed by atoms with Gasteiger partial charge in [0.1, 0.15) is 0 Å². The minimum atomic E-state index is -0.0949. The Labute approximate surface area is 75.7 Å². The van der Waals surface area contributed by atoms with Crippen LogP contribution in [0.1, 0.15) is 11.1 Å². The third-order valence-corrected chi connectivity index (χ3v) is 1.87. The van der Waals surface area contributed by atoms with E-state index in [1.165, 1.54) is 0 Å². The first-order chi connectivity index (χ1) is 5.81. The molecule has 0 aliphatic heterocycles. The molecule has 3 N–H and O–H groups in total. The Bertz CT molecular complexity index is 265. The maximum atomic E-state index is 8.89. The maximum absolute atomic E-state index is 8.89. The summed E-state index contributed by atoms with van der Waals surface area (Å²) in [5.74, 6) is 0. The van der Waals surface area contributed by atoms with E-state index in [4.69, 9.17) is 22.0 Å². The van der Waals surface area contributed by atoms with Gasteiger partial charge in [0.05, 0.1) is 13.2 Å². The SMILES string of the molecule is OCc1ccc(NCl)cc1CO. The van der Waals surface area contributed by atoms with Crippen molar-refractivity contribution in [3.63, 3.8) is 0 Å². The fourth-order valence-electron chi connectivity index (χ4n) is 0.986. The van der Waals surface area contributed by atoms with Gasteiger partial charge < -0.3 is 10.2 Å². The van der Waals surface area contributed by atoms with Gasteiger partial charge in [0.15, 0.2) is 0 Å². The smallest absolute Gasteiger partial charge is 0.0686 e. The molecule has 0 aromatic heterocycles. The molecule has 1 aromatic rings. The molecule has 0 aliphatic carbocycles. The summed E-state index contributed by atoms with van der Waals surface area (Å²) >= 11 is 5.36. The second-order valence-corrected chi connectivity index (χ2v) is 2.58. The Balaban J connectivity index is 3.02. The number of halogens is 1. The summed E-state index contributed by atoms with van der Waals surface area (Å²) in [6.07, 6.45) is 0. The molecule has 4 heteroatoms. The van der Waals surface area contributed by atoms with Crippen LogP contribution in [-0.2, 0) is 13.2 Å². The van der Waals surface area contributed by atoms with Crippen molar-refractivity contribution in [2.24, 2.45) is 0 Å². The number of benzene rings is 1. The third kappa shape index (κ3) is 1.88. The highest BCUT2D eigenvalue weighted by Gasteiger charge is 2.00. The molecule has 0 amide bonds. The number of rotatable bonds is 3. The Morgan fingerprint density at radius 2 is 1.83 bits per heavy atom. The Kier molecular flexibility index (Phi) is 3.34. The van der Waals surface area contributed by atoms with Gasteiger partial charge in [-0.3, -0.25) is 4.84 Å². The van der Waals surface area contributed by atoms with Gasteiger partial charge in [-0.2, -0.15) is 0 Å². The van der Waals surface area contributed by atoms with Crippen LogP contribution in [-0.4, -0.2) is 10.2 Å². The number of hydrogen-bond acceptors (Lipinski definition) is 3. The lowest BCUT2D eigenvalue weighted by Crippen LogP contribution is -1.94. The summed E-state index contributed by atoms with van der Waals surface area (Å²) in [4.78, 5) is 2.43. The van der Waals surface area contributed by atoms with E-state index in [2.05, 4.69) is 4.84 Å². The average Bonchev–Trinajstić information content (AvgIpc) is 2.16. The minimum Gasteiger partial charge on any atom is -0.392 e. The van der Waals surface area contributed by atoms with Crippen LogP contribution in [0.4, 0.5) is 5.69 Å². The predicted molar refractivity (Wildman–Crippen MR) is 47.8 cm³/mol. The first-order valence-corrected chi connectivity index (χ1v) is 3.89. The Morgan fingerprint density at radius 3 is 2.33 bits per heavy atom.